The molecule has 1 aromatic carbocycles. The average Bonchev–Trinajstić information content (AvgIpc) is 3.21. The number of nitrogens with zero attached hydrogens (tertiary/aromatic N) is 4. The van der Waals surface area contributed by atoms with Gasteiger partial charge >= 0.3 is 0 Å². The fourth-order valence-electron chi connectivity index (χ4n) is 3.78. The van der Waals surface area contributed by atoms with Gasteiger partial charge in [0, 0.05) is 30.7 Å². The minimum absolute atomic E-state index is 0.0617. The number of hydrogen-bond donors (Lipinski definition) is 1. The molecule has 3 heterocycles. The van der Waals surface area contributed by atoms with Gasteiger partial charge in [-0.05, 0) is 55.2 Å². The Labute approximate surface area is 184 Å². The molecule has 0 bridgehead atoms. The van der Waals surface area contributed by atoms with E-state index < -0.39 is 5.92 Å². The van der Waals surface area contributed by atoms with Gasteiger partial charge in [-0.3, -0.25) is 9.78 Å². The maximum absolute atomic E-state index is 13.1. The number of carbonyl (C=O) groups is 1. The van der Waals surface area contributed by atoms with Gasteiger partial charge in [0.15, 0.2) is 5.82 Å². The number of pyridine rings is 1. The molecule has 30 heavy (non-hydrogen) atoms. The molecule has 1 aliphatic rings. The number of hydrogen-bond acceptors (Lipinski definition) is 4. The molecule has 1 amide bonds. The SMILES string of the molecule is CC1=Nc2ccnn2C(CCc2ccc(Cl)c(Cl)c2)C1C(=O)NCc1ccncc1. The first kappa shape index (κ1) is 20.6. The highest BCUT2D eigenvalue weighted by atomic mass is 35.5. The number of aromatic nitrogens is 3. The normalized spacial score (nSPS) is 17.9. The molecule has 154 valence electrons. The first-order chi connectivity index (χ1) is 14.5. The Balaban J connectivity index is 1.53. The standard InChI is InChI=1S/C22H21Cl2N5O/c1-14-21(22(30)26-13-16-6-9-25-10-7-16)19(29-20(28-14)8-11-27-29)5-3-15-2-4-17(23)18(24)12-15/h2,4,6-12,19,21H,3,5,13H2,1H3,(H,26,30). The summed E-state index contributed by atoms with van der Waals surface area (Å²) >= 11 is 12.2. The lowest BCUT2D eigenvalue weighted by atomic mass is 9.88. The van der Waals surface area contributed by atoms with Crippen LogP contribution in [0.1, 0.15) is 30.5 Å². The lowest BCUT2D eigenvalue weighted by molar-refractivity contribution is -0.124. The van der Waals surface area contributed by atoms with Crippen LogP contribution in [0.3, 0.4) is 0 Å². The molecular weight excluding hydrogens is 421 g/mol. The maximum Gasteiger partial charge on any atom is 0.231 e. The molecular formula is C22H21Cl2N5O. The molecule has 0 fully saturated rings. The quantitative estimate of drug-likeness (QED) is 0.596. The van der Waals surface area contributed by atoms with Gasteiger partial charge in [-0.25, -0.2) is 9.67 Å². The van der Waals surface area contributed by atoms with E-state index >= 15 is 0 Å². The van der Waals surface area contributed by atoms with Crippen molar-refractivity contribution in [3.05, 3.63) is 76.2 Å². The van der Waals surface area contributed by atoms with Crippen LogP contribution in [0.15, 0.2) is 60.0 Å². The Hall–Kier alpha value is -2.70. The molecule has 2 unspecified atom stereocenters. The topological polar surface area (TPSA) is 72.2 Å². The number of benzene rings is 1. The molecule has 6 nitrogen and oxygen atoms in total. The van der Waals surface area contributed by atoms with E-state index in [4.69, 9.17) is 23.2 Å². The highest BCUT2D eigenvalue weighted by Crippen LogP contribution is 2.35. The van der Waals surface area contributed by atoms with E-state index in [2.05, 4.69) is 20.4 Å². The van der Waals surface area contributed by atoms with Crippen LogP contribution in [0.5, 0.6) is 0 Å². The van der Waals surface area contributed by atoms with Crippen LogP contribution in [0.2, 0.25) is 10.0 Å². The summed E-state index contributed by atoms with van der Waals surface area (Å²) in [5, 5.41) is 8.54. The van der Waals surface area contributed by atoms with E-state index in [0.29, 0.717) is 23.0 Å². The minimum Gasteiger partial charge on any atom is -0.351 e. The Morgan fingerprint density at radius 1 is 1.07 bits per heavy atom. The van der Waals surface area contributed by atoms with Crippen LogP contribution in [0.25, 0.3) is 0 Å². The second kappa shape index (κ2) is 8.98. The van der Waals surface area contributed by atoms with Crippen molar-refractivity contribution in [1.82, 2.24) is 20.1 Å². The molecule has 0 aliphatic carbocycles. The van der Waals surface area contributed by atoms with Crippen LogP contribution < -0.4 is 5.32 Å². The fraction of sp³-hybridized carbons (Fsp3) is 0.273. The second-order valence-electron chi connectivity index (χ2n) is 7.29. The van der Waals surface area contributed by atoms with Crippen LogP contribution in [0.4, 0.5) is 5.82 Å². The van der Waals surface area contributed by atoms with Crippen LogP contribution in [0, 0.1) is 5.92 Å². The van der Waals surface area contributed by atoms with Crippen molar-refractivity contribution >= 4 is 40.6 Å². The summed E-state index contributed by atoms with van der Waals surface area (Å²) in [6.07, 6.45) is 6.60. The lowest BCUT2D eigenvalue weighted by Crippen LogP contribution is -2.41. The summed E-state index contributed by atoms with van der Waals surface area (Å²) in [7, 11) is 0. The molecule has 0 saturated heterocycles. The number of halogens is 2. The number of carbonyl (C=O) groups excluding carboxylic acids is 1. The smallest absolute Gasteiger partial charge is 0.231 e. The predicted octanol–water partition coefficient (Wildman–Crippen LogP) is 4.80. The van der Waals surface area contributed by atoms with Gasteiger partial charge in [0.05, 0.1) is 28.2 Å². The summed E-state index contributed by atoms with van der Waals surface area (Å²) in [6.45, 7) is 2.34. The fourth-order valence-corrected chi connectivity index (χ4v) is 4.10. The zero-order valence-electron chi connectivity index (χ0n) is 16.4. The van der Waals surface area contributed by atoms with Gasteiger partial charge in [0.2, 0.25) is 5.91 Å². The summed E-state index contributed by atoms with van der Waals surface area (Å²) in [4.78, 5) is 21.8. The number of nitrogens with one attached hydrogen (secondary N) is 1. The van der Waals surface area contributed by atoms with Gasteiger partial charge < -0.3 is 5.32 Å². The van der Waals surface area contributed by atoms with Gasteiger partial charge in [0.25, 0.3) is 0 Å². The van der Waals surface area contributed by atoms with Crippen LogP contribution >= 0.6 is 23.2 Å². The summed E-state index contributed by atoms with van der Waals surface area (Å²) in [5.74, 6) is 0.306. The van der Waals surface area contributed by atoms with E-state index in [0.717, 1.165) is 29.1 Å². The number of aryl methyl sites for hydroxylation is 1. The van der Waals surface area contributed by atoms with Crippen molar-refractivity contribution in [3.63, 3.8) is 0 Å². The molecule has 3 aromatic rings. The first-order valence-electron chi connectivity index (χ1n) is 9.72. The first-order valence-corrected chi connectivity index (χ1v) is 10.5. The molecule has 1 N–H and O–H groups in total. The van der Waals surface area contributed by atoms with E-state index in [1.807, 2.05) is 41.9 Å². The third kappa shape index (κ3) is 4.40. The molecule has 0 spiro atoms. The third-order valence-corrected chi connectivity index (χ3v) is 6.04. The summed E-state index contributed by atoms with van der Waals surface area (Å²) in [6, 6.07) is 11.1. The van der Waals surface area contributed by atoms with Gasteiger partial charge in [-0.1, -0.05) is 29.3 Å². The van der Waals surface area contributed by atoms with Crippen molar-refractivity contribution in [1.29, 1.82) is 0 Å². The highest BCUT2D eigenvalue weighted by molar-refractivity contribution is 6.42. The molecule has 2 atom stereocenters. The number of rotatable bonds is 6. The highest BCUT2D eigenvalue weighted by Gasteiger charge is 2.36. The van der Waals surface area contributed by atoms with E-state index in [1.54, 1.807) is 24.7 Å². The Bertz CT molecular complexity index is 1080. The Kier molecular flexibility index (Phi) is 6.16. The summed E-state index contributed by atoms with van der Waals surface area (Å²) in [5.41, 5.74) is 2.85. The van der Waals surface area contributed by atoms with E-state index in [9.17, 15) is 4.79 Å². The van der Waals surface area contributed by atoms with Crippen molar-refractivity contribution in [2.24, 2.45) is 10.9 Å². The predicted molar refractivity (Wildman–Crippen MR) is 118 cm³/mol. The Morgan fingerprint density at radius 2 is 1.87 bits per heavy atom. The van der Waals surface area contributed by atoms with Gasteiger partial charge in [-0.15, -0.1) is 0 Å². The maximum atomic E-state index is 13.1. The number of amides is 1. The van der Waals surface area contributed by atoms with Crippen molar-refractivity contribution in [2.75, 3.05) is 0 Å². The van der Waals surface area contributed by atoms with Crippen LogP contribution in [-0.4, -0.2) is 26.4 Å². The third-order valence-electron chi connectivity index (χ3n) is 5.30. The second-order valence-corrected chi connectivity index (χ2v) is 8.11. The van der Waals surface area contributed by atoms with Crippen molar-refractivity contribution < 1.29 is 4.79 Å². The number of aliphatic imine (C=N–C) groups is 1. The zero-order chi connectivity index (χ0) is 21.1. The van der Waals surface area contributed by atoms with Gasteiger partial charge in [-0.2, -0.15) is 5.10 Å². The molecule has 1 aliphatic heterocycles. The molecule has 4 rings (SSSR count). The number of fused-ring (bicyclic) bond motifs is 1. The largest absolute Gasteiger partial charge is 0.351 e. The molecule has 0 radical (unpaired) electrons. The minimum atomic E-state index is -0.401. The van der Waals surface area contributed by atoms with Crippen LogP contribution in [-0.2, 0) is 17.8 Å². The van der Waals surface area contributed by atoms with Crippen molar-refractivity contribution in [3.8, 4) is 0 Å². The van der Waals surface area contributed by atoms with Crippen molar-refractivity contribution in [2.45, 2.75) is 32.4 Å². The molecule has 0 saturated carbocycles. The zero-order valence-corrected chi connectivity index (χ0v) is 17.9. The average molecular weight is 442 g/mol. The Morgan fingerprint density at radius 3 is 2.63 bits per heavy atom. The molecule has 8 heteroatoms. The van der Waals surface area contributed by atoms with E-state index in [1.165, 1.54) is 0 Å². The monoisotopic (exact) mass is 441 g/mol. The van der Waals surface area contributed by atoms with E-state index in [-0.39, 0.29) is 11.9 Å². The summed E-state index contributed by atoms with van der Waals surface area (Å²) < 4.78 is 1.85. The molecule has 2 aromatic heterocycles. The lowest BCUT2D eigenvalue weighted by Gasteiger charge is -2.31. The van der Waals surface area contributed by atoms with Gasteiger partial charge in [0.1, 0.15) is 0 Å².